The average molecular weight is 349 g/mol. The Labute approximate surface area is 148 Å². The normalized spacial score (nSPS) is 17.9. The standard InChI is InChI=1S/C18H27N3O4/c1-3-20(10-11-22)17(23)12-15-18(24)19-8-9-21(15)13-14-6-4-5-7-16(14)25-2/h4-7,15,22H,3,8-13H2,1-2H3,(H,19,24)/t15-/m1/s1. The summed E-state index contributed by atoms with van der Waals surface area (Å²) in [5, 5.41) is 11.9. The van der Waals surface area contributed by atoms with Crippen LogP contribution in [-0.2, 0) is 16.1 Å². The molecule has 1 fully saturated rings. The van der Waals surface area contributed by atoms with Gasteiger partial charge in [0, 0.05) is 38.3 Å². The topological polar surface area (TPSA) is 82.1 Å². The van der Waals surface area contributed by atoms with Gasteiger partial charge >= 0.3 is 0 Å². The fourth-order valence-corrected chi connectivity index (χ4v) is 3.10. The molecule has 1 aliphatic rings. The van der Waals surface area contributed by atoms with E-state index in [1.165, 1.54) is 0 Å². The smallest absolute Gasteiger partial charge is 0.237 e. The first-order chi connectivity index (χ1) is 12.1. The van der Waals surface area contributed by atoms with Gasteiger partial charge in [-0.2, -0.15) is 0 Å². The fourth-order valence-electron chi connectivity index (χ4n) is 3.10. The Morgan fingerprint density at radius 1 is 1.44 bits per heavy atom. The van der Waals surface area contributed by atoms with Crippen molar-refractivity contribution in [1.29, 1.82) is 0 Å². The summed E-state index contributed by atoms with van der Waals surface area (Å²) < 4.78 is 5.39. The van der Waals surface area contributed by atoms with Crippen LogP contribution >= 0.6 is 0 Å². The average Bonchev–Trinajstić information content (AvgIpc) is 2.62. The molecule has 1 heterocycles. The minimum atomic E-state index is -0.515. The van der Waals surface area contributed by atoms with E-state index < -0.39 is 6.04 Å². The molecule has 2 amide bonds. The van der Waals surface area contributed by atoms with Crippen LogP contribution in [0.25, 0.3) is 0 Å². The van der Waals surface area contributed by atoms with Crippen LogP contribution in [0, 0.1) is 0 Å². The van der Waals surface area contributed by atoms with E-state index in [0.717, 1.165) is 11.3 Å². The number of hydrogen-bond donors (Lipinski definition) is 2. The molecule has 0 aromatic heterocycles. The number of methoxy groups -OCH3 is 1. The minimum Gasteiger partial charge on any atom is -0.496 e. The van der Waals surface area contributed by atoms with Crippen molar-refractivity contribution in [2.75, 3.05) is 39.9 Å². The summed E-state index contributed by atoms with van der Waals surface area (Å²) >= 11 is 0. The van der Waals surface area contributed by atoms with Gasteiger partial charge in [0.15, 0.2) is 0 Å². The maximum atomic E-state index is 12.5. The summed E-state index contributed by atoms with van der Waals surface area (Å²) in [6, 6.07) is 7.18. The van der Waals surface area contributed by atoms with Gasteiger partial charge in [0.25, 0.3) is 0 Å². The molecule has 138 valence electrons. The Balaban J connectivity index is 2.12. The molecule has 25 heavy (non-hydrogen) atoms. The van der Waals surface area contributed by atoms with E-state index in [2.05, 4.69) is 5.32 Å². The van der Waals surface area contributed by atoms with Crippen LogP contribution in [0.4, 0.5) is 0 Å². The van der Waals surface area contributed by atoms with Gasteiger partial charge in [0.2, 0.25) is 11.8 Å². The lowest BCUT2D eigenvalue weighted by molar-refractivity contribution is -0.139. The molecule has 7 nitrogen and oxygen atoms in total. The molecule has 0 bridgehead atoms. The zero-order valence-electron chi connectivity index (χ0n) is 14.9. The first kappa shape index (κ1) is 19.2. The molecular formula is C18H27N3O4. The van der Waals surface area contributed by atoms with Crippen molar-refractivity contribution >= 4 is 11.8 Å². The summed E-state index contributed by atoms with van der Waals surface area (Å²) in [4.78, 5) is 28.4. The van der Waals surface area contributed by atoms with Gasteiger partial charge < -0.3 is 20.1 Å². The second-order valence-electron chi connectivity index (χ2n) is 5.99. The maximum absolute atomic E-state index is 12.5. The third kappa shape index (κ3) is 4.93. The largest absolute Gasteiger partial charge is 0.496 e. The molecule has 1 aromatic carbocycles. The van der Waals surface area contributed by atoms with Crippen LogP contribution in [0.1, 0.15) is 18.9 Å². The minimum absolute atomic E-state index is 0.0820. The van der Waals surface area contributed by atoms with Gasteiger partial charge in [-0.05, 0) is 13.0 Å². The summed E-state index contributed by atoms with van der Waals surface area (Å²) in [6.45, 7) is 4.36. The van der Waals surface area contributed by atoms with E-state index in [1.807, 2.05) is 36.1 Å². The summed E-state index contributed by atoms with van der Waals surface area (Å²) in [6.07, 6.45) is 0.106. The monoisotopic (exact) mass is 349 g/mol. The van der Waals surface area contributed by atoms with E-state index in [1.54, 1.807) is 12.0 Å². The first-order valence-corrected chi connectivity index (χ1v) is 8.63. The predicted octanol–water partition coefficient (Wildman–Crippen LogP) is 0.227. The van der Waals surface area contributed by atoms with Gasteiger partial charge in [-0.15, -0.1) is 0 Å². The first-order valence-electron chi connectivity index (χ1n) is 8.63. The van der Waals surface area contributed by atoms with Crippen LogP contribution in [0.15, 0.2) is 24.3 Å². The van der Waals surface area contributed by atoms with Crippen LogP contribution in [0.3, 0.4) is 0 Å². The van der Waals surface area contributed by atoms with Crippen LogP contribution in [0.2, 0.25) is 0 Å². The zero-order chi connectivity index (χ0) is 18.2. The molecule has 1 aliphatic heterocycles. The number of ether oxygens (including phenoxy) is 1. The second kappa shape index (κ2) is 9.39. The number of piperazine rings is 1. The SMILES string of the molecule is CCN(CCO)C(=O)C[C@@H]1C(=O)NCCN1Cc1ccccc1OC. The second-order valence-corrected chi connectivity index (χ2v) is 5.99. The van der Waals surface area contributed by atoms with Gasteiger partial charge in [-0.3, -0.25) is 14.5 Å². The fraction of sp³-hybridized carbons (Fsp3) is 0.556. The van der Waals surface area contributed by atoms with Gasteiger partial charge in [-0.1, -0.05) is 18.2 Å². The molecule has 2 N–H and O–H groups in total. The number of amides is 2. The van der Waals surface area contributed by atoms with Crippen molar-refractivity contribution in [2.24, 2.45) is 0 Å². The highest BCUT2D eigenvalue weighted by molar-refractivity contribution is 5.88. The molecule has 7 heteroatoms. The van der Waals surface area contributed by atoms with E-state index in [4.69, 9.17) is 9.84 Å². The molecule has 1 atom stereocenters. The Morgan fingerprint density at radius 2 is 2.20 bits per heavy atom. The Morgan fingerprint density at radius 3 is 2.88 bits per heavy atom. The van der Waals surface area contributed by atoms with E-state index in [0.29, 0.717) is 26.2 Å². The van der Waals surface area contributed by atoms with Crippen molar-refractivity contribution in [3.8, 4) is 5.75 Å². The van der Waals surface area contributed by atoms with E-state index in [-0.39, 0.29) is 31.4 Å². The molecule has 1 aromatic rings. The van der Waals surface area contributed by atoms with Crippen molar-refractivity contribution in [3.63, 3.8) is 0 Å². The van der Waals surface area contributed by atoms with Crippen LogP contribution in [-0.4, -0.2) is 72.7 Å². The van der Waals surface area contributed by atoms with Crippen molar-refractivity contribution in [2.45, 2.75) is 25.9 Å². The Bertz CT molecular complexity index is 593. The maximum Gasteiger partial charge on any atom is 0.237 e. The Hall–Kier alpha value is -2.12. The summed E-state index contributed by atoms with van der Waals surface area (Å²) in [5.74, 6) is 0.521. The third-order valence-electron chi connectivity index (χ3n) is 4.48. The predicted molar refractivity (Wildman–Crippen MR) is 94.2 cm³/mol. The highest BCUT2D eigenvalue weighted by Gasteiger charge is 2.33. The molecule has 0 spiro atoms. The molecule has 0 unspecified atom stereocenters. The number of aliphatic hydroxyl groups is 1. The highest BCUT2D eigenvalue weighted by Crippen LogP contribution is 2.22. The van der Waals surface area contributed by atoms with E-state index >= 15 is 0 Å². The highest BCUT2D eigenvalue weighted by atomic mass is 16.5. The number of nitrogens with one attached hydrogen (secondary N) is 1. The molecular weight excluding hydrogens is 322 g/mol. The molecule has 1 saturated heterocycles. The number of nitrogens with zero attached hydrogens (tertiary/aromatic N) is 2. The lowest BCUT2D eigenvalue weighted by atomic mass is 10.1. The molecule has 0 saturated carbocycles. The number of likely N-dealkylation sites (N-methyl/N-ethyl adjacent to an activating group) is 1. The van der Waals surface area contributed by atoms with Gasteiger partial charge in [0.1, 0.15) is 5.75 Å². The number of para-hydroxylation sites is 1. The molecule has 2 rings (SSSR count). The lowest BCUT2D eigenvalue weighted by Crippen LogP contribution is -2.56. The van der Waals surface area contributed by atoms with Gasteiger partial charge in [-0.25, -0.2) is 0 Å². The van der Waals surface area contributed by atoms with Crippen molar-refractivity contribution in [3.05, 3.63) is 29.8 Å². The number of carbonyl (C=O) groups excluding carboxylic acids is 2. The third-order valence-corrected chi connectivity index (χ3v) is 4.48. The van der Waals surface area contributed by atoms with Crippen LogP contribution in [0.5, 0.6) is 5.75 Å². The van der Waals surface area contributed by atoms with Crippen LogP contribution < -0.4 is 10.1 Å². The van der Waals surface area contributed by atoms with Crippen molar-refractivity contribution < 1.29 is 19.4 Å². The van der Waals surface area contributed by atoms with E-state index in [9.17, 15) is 9.59 Å². The van der Waals surface area contributed by atoms with Gasteiger partial charge in [0.05, 0.1) is 26.2 Å². The summed E-state index contributed by atoms with van der Waals surface area (Å²) in [7, 11) is 1.62. The molecule has 0 aliphatic carbocycles. The quantitative estimate of drug-likeness (QED) is 0.702. The number of aliphatic hydroxyl groups excluding tert-OH is 1. The van der Waals surface area contributed by atoms with Crippen molar-refractivity contribution in [1.82, 2.24) is 15.1 Å². The summed E-state index contributed by atoms with van der Waals surface area (Å²) in [5.41, 5.74) is 0.986. The Kier molecular flexibility index (Phi) is 7.21. The lowest BCUT2D eigenvalue weighted by Gasteiger charge is -2.36. The number of hydrogen-bond acceptors (Lipinski definition) is 5. The number of rotatable bonds is 8. The number of carbonyl (C=O) groups is 2. The molecule has 0 radical (unpaired) electrons. The zero-order valence-corrected chi connectivity index (χ0v) is 14.9. The number of benzene rings is 1.